The Morgan fingerprint density at radius 2 is 2.00 bits per heavy atom. The zero-order valence-corrected chi connectivity index (χ0v) is 12.1. The summed E-state index contributed by atoms with van der Waals surface area (Å²) in [5.41, 5.74) is 0.594. The molecule has 0 heterocycles. The Balaban J connectivity index is 0.00000256. The zero-order chi connectivity index (χ0) is 12.1. The van der Waals surface area contributed by atoms with Crippen LogP contribution in [0.4, 0.5) is 0 Å². The maximum atomic E-state index is 12.0. The fourth-order valence-electron chi connectivity index (χ4n) is 1.37. The van der Waals surface area contributed by atoms with Gasteiger partial charge in [0.15, 0.2) is 5.52 Å². The van der Waals surface area contributed by atoms with Gasteiger partial charge < -0.3 is 9.47 Å². The molecule has 1 unspecified atom stereocenters. The molecule has 0 bridgehead atoms. The first-order valence-corrected chi connectivity index (χ1v) is 6.84. The normalized spacial score (nSPS) is 10.1. The van der Waals surface area contributed by atoms with Gasteiger partial charge in [0.25, 0.3) is 0 Å². The molecule has 0 saturated carbocycles. The van der Waals surface area contributed by atoms with E-state index in [0.717, 1.165) is 10.6 Å². The molecule has 90 valence electrons. The van der Waals surface area contributed by atoms with Gasteiger partial charge in [0.05, 0.1) is 18.7 Å². The van der Waals surface area contributed by atoms with E-state index in [2.05, 4.69) is 15.9 Å². The van der Waals surface area contributed by atoms with Crippen LogP contribution in [-0.2, 0) is 0 Å². The Kier molecular flexibility index (Phi) is 8.16. The number of benzene rings is 1. The van der Waals surface area contributed by atoms with Crippen molar-refractivity contribution in [3.05, 3.63) is 22.2 Å². The third-order valence-electron chi connectivity index (χ3n) is 2.06. The van der Waals surface area contributed by atoms with Crippen molar-refractivity contribution in [1.29, 1.82) is 0 Å². The molecule has 0 spiro atoms. The summed E-state index contributed by atoms with van der Waals surface area (Å²) in [6, 6.07) is 3.57. The van der Waals surface area contributed by atoms with Crippen LogP contribution in [0.15, 0.2) is 16.6 Å². The van der Waals surface area contributed by atoms with Crippen molar-refractivity contribution in [2.24, 2.45) is 0 Å². The number of hydrogen-bond acceptors (Lipinski definition) is 3. The Bertz CT molecular complexity index is 399. The first-order chi connectivity index (χ1) is 7.65. The number of ether oxygens (including phenoxy) is 2. The van der Waals surface area contributed by atoms with Gasteiger partial charge in [0.1, 0.15) is 17.1 Å². The first kappa shape index (κ1) is 17.0. The van der Waals surface area contributed by atoms with E-state index >= 15 is 0 Å². The van der Waals surface area contributed by atoms with Gasteiger partial charge in [-0.05, 0) is 42.8 Å². The van der Waals surface area contributed by atoms with Gasteiger partial charge in [-0.2, -0.15) is 0 Å². The molecule has 17 heavy (non-hydrogen) atoms. The van der Waals surface area contributed by atoms with E-state index in [1.165, 1.54) is 0 Å². The molecule has 0 saturated heterocycles. The van der Waals surface area contributed by atoms with Gasteiger partial charge in [-0.25, -0.2) is 0 Å². The van der Waals surface area contributed by atoms with E-state index in [9.17, 15) is 4.79 Å². The standard InChI is InChI=1S/C11H14BrO3P.Li.H/c1-4-16-11(13)9-8(14-2)6-5-7(12)10(9)15-3;;/h5-6,16H,4H2,1-3H3;;. The number of methoxy groups -OCH3 is 2. The van der Waals surface area contributed by atoms with Gasteiger partial charge in [0, 0.05) is 0 Å². The molecule has 0 radical (unpaired) electrons. The molecule has 0 aliphatic rings. The number of carbonyl (C=O) groups excluding carboxylic acids is 1. The van der Waals surface area contributed by atoms with Crippen LogP contribution in [0.3, 0.4) is 0 Å². The van der Waals surface area contributed by atoms with E-state index in [0.29, 0.717) is 17.1 Å². The summed E-state index contributed by atoms with van der Waals surface area (Å²) in [5, 5.41) is 0. The summed E-state index contributed by atoms with van der Waals surface area (Å²) in [4.78, 5) is 12.0. The molecule has 0 aliphatic heterocycles. The van der Waals surface area contributed by atoms with Gasteiger partial charge in [-0.1, -0.05) is 6.92 Å². The molecule has 3 nitrogen and oxygen atoms in total. The second-order valence-electron chi connectivity index (χ2n) is 3.02. The number of hydrogen-bond donors (Lipinski definition) is 0. The molecular weight excluding hydrogens is 298 g/mol. The predicted octanol–water partition coefficient (Wildman–Crippen LogP) is 2.66. The van der Waals surface area contributed by atoms with Crippen LogP contribution in [0.2, 0.25) is 0 Å². The van der Waals surface area contributed by atoms with E-state index in [1.807, 2.05) is 13.0 Å². The third kappa shape index (κ3) is 4.00. The monoisotopic (exact) mass is 312 g/mol. The Morgan fingerprint density at radius 3 is 2.47 bits per heavy atom. The summed E-state index contributed by atoms with van der Waals surface area (Å²) in [7, 11) is 3.34. The van der Waals surface area contributed by atoms with Crippen molar-refractivity contribution < 1.29 is 14.3 Å². The molecule has 6 heteroatoms. The molecule has 0 aromatic heterocycles. The van der Waals surface area contributed by atoms with Crippen molar-refractivity contribution in [3.8, 4) is 11.5 Å². The molecule has 0 amide bonds. The topological polar surface area (TPSA) is 35.5 Å². The number of rotatable bonds is 5. The van der Waals surface area contributed by atoms with Crippen molar-refractivity contribution >= 4 is 48.9 Å². The predicted molar refractivity (Wildman–Crippen MR) is 77.6 cm³/mol. The maximum absolute atomic E-state index is 12.0. The molecular formula is C11H15BrLiO3P. The van der Waals surface area contributed by atoms with Crippen LogP contribution in [0, 0.1) is 0 Å². The van der Waals surface area contributed by atoms with Crippen LogP contribution >= 0.6 is 24.5 Å². The number of halogens is 1. The molecule has 0 N–H and O–H groups in total. The second-order valence-corrected chi connectivity index (χ2v) is 5.39. The summed E-state index contributed by atoms with van der Waals surface area (Å²) in [5.74, 6) is 1.11. The van der Waals surface area contributed by atoms with Gasteiger partial charge in [0.2, 0.25) is 0 Å². The van der Waals surface area contributed by atoms with Crippen molar-refractivity contribution in [2.45, 2.75) is 6.92 Å². The molecule has 1 aromatic carbocycles. The Hall–Kier alpha value is -0.00260. The molecule has 0 fully saturated rings. The summed E-state index contributed by atoms with van der Waals surface area (Å²) >= 11 is 3.36. The third-order valence-corrected chi connectivity index (χ3v) is 3.61. The van der Waals surface area contributed by atoms with E-state index < -0.39 is 0 Å². The SMILES string of the molecule is CCPC(=O)c1c(OC)ccc(Br)c1OC.[LiH]. The fraction of sp³-hybridized carbons (Fsp3) is 0.364. The average molecular weight is 313 g/mol. The minimum atomic E-state index is 0. The van der Waals surface area contributed by atoms with Crippen LogP contribution in [0.1, 0.15) is 17.3 Å². The van der Waals surface area contributed by atoms with Gasteiger partial charge >= 0.3 is 18.9 Å². The Morgan fingerprint density at radius 1 is 1.35 bits per heavy atom. The van der Waals surface area contributed by atoms with Gasteiger partial charge in [-0.3, -0.25) is 4.79 Å². The molecule has 0 aliphatic carbocycles. The van der Waals surface area contributed by atoms with Crippen LogP contribution in [0.5, 0.6) is 11.5 Å². The van der Waals surface area contributed by atoms with E-state index in [-0.39, 0.29) is 33.0 Å². The van der Waals surface area contributed by atoms with E-state index in [4.69, 9.17) is 9.47 Å². The van der Waals surface area contributed by atoms with Crippen molar-refractivity contribution in [1.82, 2.24) is 0 Å². The molecule has 1 atom stereocenters. The Labute approximate surface area is 124 Å². The fourth-order valence-corrected chi connectivity index (χ4v) is 2.60. The van der Waals surface area contributed by atoms with Crippen LogP contribution in [0.25, 0.3) is 0 Å². The van der Waals surface area contributed by atoms with Crippen LogP contribution in [-0.4, -0.2) is 44.8 Å². The summed E-state index contributed by atoms with van der Waals surface area (Å²) in [6.07, 6.45) is 0.831. The molecule has 1 rings (SSSR count). The zero-order valence-electron chi connectivity index (χ0n) is 9.46. The number of carbonyl (C=O) groups is 1. The van der Waals surface area contributed by atoms with Crippen molar-refractivity contribution in [2.75, 3.05) is 20.4 Å². The van der Waals surface area contributed by atoms with E-state index in [1.54, 1.807) is 20.3 Å². The first-order valence-electron chi connectivity index (χ1n) is 4.84. The quantitative estimate of drug-likeness (QED) is 0.619. The van der Waals surface area contributed by atoms with Gasteiger partial charge in [-0.15, -0.1) is 0 Å². The minimum absolute atomic E-state index is 0. The van der Waals surface area contributed by atoms with Crippen LogP contribution < -0.4 is 9.47 Å². The molecule has 1 aromatic rings. The van der Waals surface area contributed by atoms with Crippen molar-refractivity contribution in [3.63, 3.8) is 0 Å². The second kappa shape index (κ2) is 8.16. The summed E-state index contributed by atoms with van der Waals surface area (Å²) < 4.78 is 11.2. The summed E-state index contributed by atoms with van der Waals surface area (Å²) in [6.45, 7) is 1.98. The average Bonchev–Trinajstić information content (AvgIpc) is 2.28.